The van der Waals surface area contributed by atoms with Crippen LogP contribution in [0.5, 0.6) is 0 Å². The van der Waals surface area contributed by atoms with E-state index >= 15 is 0 Å². The van der Waals surface area contributed by atoms with Crippen molar-refractivity contribution in [2.75, 3.05) is 5.32 Å². The van der Waals surface area contributed by atoms with Gasteiger partial charge in [0.1, 0.15) is 0 Å². The maximum absolute atomic E-state index is 12.8. The molecule has 0 spiro atoms. The van der Waals surface area contributed by atoms with E-state index in [1.807, 2.05) is 37.3 Å². The van der Waals surface area contributed by atoms with Gasteiger partial charge in [-0.3, -0.25) is 14.6 Å². The third-order valence-corrected chi connectivity index (χ3v) is 4.82. The molecule has 1 aromatic heterocycles. The number of carbonyl (C=O) groups excluding carboxylic acids is 2. The third-order valence-electron chi connectivity index (χ3n) is 4.82. The average molecular weight is 351 g/mol. The van der Waals surface area contributed by atoms with E-state index in [4.69, 9.17) is 0 Å². The molecule has 5 heteroatoms. The molecule has 0 fully saturated rings. The van der Waals surface area contributed by atoms with E-state index < -0.39 is 0 Å². The monoisotopic (exact) mass is 351 g/mol. The number of nitrogens with one attached hydrogen (secondary N) is 2. The molecule has 136 valence electrons. The highest BCUT2D eigenvalue weighted by molar-refractivity contribution is 5.94. The van der Waals surface area contributed by atoms with Crippen molar-refractivity contribution in [2.45, 2.75) is 51.5 Å². The zero-order valence-electron chi connectivity index (χ0n) is 15.3. The maximum Gasteiger partial charge on any atom is 0.229 e. The predicted molar refractivity (Wildman–Crippen MR) is 102 cm³/mol. The minimum Gasteiger partial charge on any atom is -0.349 e. The number of amides is 2. The zero-order chi connectivity index (χ0) is 18.5. The number of aryl methyl sites for hydroxylation is 1. The number of carbonyl (C=O) groups is 2. The Bertz CT molecular complexity index is 789. The fourth-order valence-electron chi connectivity index (χ4n) is 3.35. The minimum atomic E-state index is -0.236. The molecule has 2 amide bonds. The van der Waals surface area contributed by atoms with Gasteiger partial charge in [0.15, 0.2) is 0 Å². The lowest BCUT2D eigenvalue weighted by atomic mass is 9.95. The summed E-state index contributed by atoms with van der Waals surface area (Å²) in [7, 11) is 0. The first-order chi connectivity index (χ1) is 12.6. The smallest absolute Gasteiger partial charge is 0.229 e. The van der Waals surface area contributed by atoms with E-state index in [0.29, 0.717) is 6.42 Å². The highest BCUT2D eigenvalue weighted by Crippen LogP contribution is 2.27. The number of benzene rings is 1. The molecule has 2 heterocycles. The van der Waals surface area contributed by atoms with E-state index in [9.17, 15) is 9.59 Å². The highest BCUT2D eigenvalue weighted by Gasteiger charge is 2.23. The molecule has 1 aliphatic rings. The van der Waals surface area contributed by atoms with Crippen LogP contribution in [0.15, 0.2) is 42.6 Å². The Morgan fingerprint density at radius 3 is 2.85 bits per heavy atom. The van der Waals surface area contributed by atoms with Gasteiger partial charge in [-0.15, -0.1) is 0 Å². The summed E-state index contributed by atoms with van der Waals surface area (Å²) >= 11 is 0. The van der Waals surface area contributed by atoms with Gasteiger partial charge in [-0.1, -0.05) is 31.5 Å². The first kappa shape index (κ1) is 18.1. The summed E-state index contributed by atoms with van der Waals surface area (Å²) < 4.78 is 0. The van der Waals surface area contributed by atoms with Gasteiger partial charge < -0.3 is 10.6 Å². The van der Waals surface area contributed by atoms with Crippen LogP contribution in [0.4, 0.5) is 5.69 Å². The topological polar surface area (TPSA) is 71.1 Å². The van der Waals surface area contributed by atoms with E-state index in [2.05, 4.69) is 28.6 Å². The summed E-state index contributed by atoms with van der Waals surface area (Å²) in [5.41, 5.74) is 3.86. The maximum atomic E-state index is 12.8. The van der Waals surface area contributed by atoms with Gasteiger partial charge in [0.25, 0.3) is 0 Å². The standard InChI is InChI=1S/C21H25N3O2/c1-3-6-17(19-7-4-5-12-22-19)21(26)23-14(2)15-8-10-18-16(13-15)9-11-20(25)24-18/h4-5,7-8,10,12-14,17H,3,6,9,11H2,1-2H3,(H,23,26)(H,24,25)/t14-,17-/m1/s1. The molecule has 0 unspecified atom stereocenters. The van der Waals surface area contributed by atoms with Crippen LogP contribution in [0.2, 0.25) is 0 Å². The molecular weight excluding hydrogens is 326 g/mol. The molecule has 0 bridgehead atoms. The minimum absolute atomic E-state index is 0.00377. The highest BCUT2D eigenvalue weighted by atomic mass is 16.2. The van der Waals surface area contributed by atoms with Crippen LogP contribution in [0.1, 0.15) is 61.9 Å². The number of hydrogen-bond acceptors (Lipinski definition) is 3. The van der Waals surface area contributed by atoms with Crippen molar-refractivity contribution < 1.29 is 9.59 Å². The lowest BCUT2D eigenvalue weighted by molar-refractivity contribution is -0.123. The van der Waals surface area contributed by atoms with E-state index in [1.165, 1.54) is 0 Å². The predicted octanol–water partition coefficient (Wildman–Crippen LogP) is 3.73. The van der Waals surface area contributed by atoms with Gasteiger partial charge in [-0.25, -0.2) is 0 Å². The molecule has 26 heavy (non-hydrogen) atoms. The second-order valence-electron chi connectivity index (χ2n) is 6.79. The largest absolute Gasteiger partial charge is 0.349 e. The number of fused-ring (bicyclic) bond motifs is 1. The molecular formula is C21H25N3O2. The first-order valence-corrected chi connectivity index (χ1v) is 9.22. The van der Waals surface area contributed by atoms with Crippen LogP contribution in [-0.4, -0.2) is 16.8 Å². The molecule has 0 radical (unpaired) electrons. The molecule has 0 aliphatic carbocycles. The normalized spacial score (nSPS) is 15.5. The summed E-state index contributed by atoms with van der Waals surface area (Å²) in [6.07, 6.45) is 4.66. The van der Waals surface area contributed by atoms with Crippen molar-refractivity contribution in [1.82, 2.24) is 10.3 Å². The van der Waals surface area contributed by atoms with Crippen molar-refractivity contribution in [3.63, 3.8) is 0 Å². The molecule has 2 aromatic rings. The van der Waals surface area contributed by atoms with E-state index in [-0.39, 0.29) is 23.8 Å². The van der Waals surface area contributed by atoms with Gasteiger partial charge in [0.05, 0.1) is 17.7 Å². The van der Waals surface area contributed by atoms with Crippen LogP contribution in [0.25, 0.3) is 0 Å². The second kappa shape index (κ2) is 8.13. The van der Waals surface area contributed by atoms with E-state index in [1.54, 1.807) is 6.20 Å². The van der Waals surface area contributed by atoms with Crippen molar-refractivity contribution in [3.05, 3.63) is 59.4 Å². The summed E-state index contributed by atoms with van der Waals surface area (Å²) in [6.45, 7) is 4.06. The Morgan fingerprint density at radius 2 is 2.12 bits per heavy atom. The molecule has 3 rings (SSSR count). The molecule has 5 nitrogen and oxygen atoms in total. The Hall–Kier alpha value is -2.69. The van der Waals surface area contributed by atoms with Crippen LogP contribution < -0.4 is 10.6 Å². The Morgan fingerprint density at radius 1 is 1.27 bits per heavy atom. The molecule has 0 saturated heterocycles. The number of hydrogen-bond donors (Lipinski definition) is 2. The van der Waals surface area contributed by atoms with Gasteiger partial charge in [0.2, 0.25) is 11.8 Å². The zero-order valence-corrected chi connectivity index (χ0v) is 15.3. The number of nitrogens with zero attached hydrogens (tertiary/aromatic N) is 1. The van der Waals surface area contributed by atoms with Crippen LogP contribution in [-0.2, 0) is 16.0 Å². The van der Waals surface area contributed by atoms with E-state index in [0.717, 1.165) is 41.8 Å². The Labute approximate surface area is 154 Å². The third kappa shape index (κ3) is 4.10. The van der Waals surface area contributed by atoms with Crippen LogP contribution in [0, 0.1) is 0 Å². The summed E-state index contributed by atoms with van der Waals surface area (Å²) in [6, 6.07) is 11.5. The lowest BCUT2D eigenvalue weighted by Gasteiger charge is -2.22. The number of rotatable bonds is 6. The Balaban J connectivity index is 1.73. The fourth-order valence-corrected chi connectivity index (χ4v) is 3.35. The van der Waals surface area contributed by atoms with Crippen LogP contribution >= 0.6 is 0 Å². The fraction of sp³-hybridized carbons (Fsp3) is 0.381. The molecule has 0 saturated carbocycles. The summed E-state index contributed by atoms with van der Waals surface area (Å²) in [4.78, 5) is 28.7. The second-order valence-corrected chi connectivity index (χ2v) is 6.79. The Kier molecular flexibility index (Phi) is 5.66. The van der Waals surface area contributed by atoms with Crippen molar-refractivity contribution >= 4 is 17.5 Å². The molecule has 2 N–H and O–H groups in total. The number of pyridine rings is 1. The number of aromatic nitrogens is 1. The van der Waals surface area contributed by atoms with Crippen molar-refractivity contribution in [2.24, 2.45) is 0 Å². The summed E-state index contributed by atoms with van der Waals surface area (Å²) in [5.74, 6) is -0.172. The van der Waals surface area contributed by atoms with Gasteiger partial charge in [0, 0.05) is 18.3 Å². The van der Waals surface area contributed by atoms with Gasteiger partial charge >= 0.3 is 0 Å². The number of anilines is 1. The lowest BCUT2D eigenvalue weighted by Crippen LogP contribution is -2.32. The molecule has 1 aliphatic heterocycles. The van der Waals surface area contributed by atoms with Gasteiger partial charge in [-0.05, 0) is 49.1 Å². The van der Waals surface area contributed by atoms with Crippen LogP contribution in [0.3, 0.4) is 0 Å². The average Bonchev–Trinajstić information content (AvgIpc) is 2.66. The van der Waals surface area contributed by atoms with Crippen molar-refractivity contribution in [1.29, 1.82) is 0 Å². The SMILES string of the molecule is CCC[C@@H](C(=O)N[C@H](C)c1ccc2c(c1)CCC(=O)N2)c1ccccn1. The molecule has 2 atom stereocenters. The molecule has 1 aromatic carbocycles. The first-order valence-electron chi connectivity index (χ1n) is 9.22. The van der Waals surface area contributed by atoms with Gasteiger partial charge in [-0.2, -0.15) is 0 Å². The quantitative estimate of drug-likeness (QED) is 0.833. The van der Waals surface area contributed by atoms with Crippen molar-refractivity contribution in [3.8, 4) is 0 Å². The summed E-state index contributed by atoms with van der Waals surface area (Å²) in [5, 5.41) is 6.02.